The molecule has 7 heteroatoms. The van der Waals surface area contributed by atoms with Gasteiger partial charge in [-0.15, -0.1) is 0 Å². The summed E-state index contributed by atoms with van der Waals surface area (Å²) in [6.45, 7) is 4.33. The number of halogens is 2. The lowest BCUT2D eigenvalue weighted by atomic mass is 9.74. The van der Waals surface area contributed by atoms with Crippen molar-refractivity contribution in [3.8, 4) is 0 Å². The zero-order valence-electron chi connectivity index (χ0n) is 16.6. The van der Waals surface area contributed by atoms with Crippen LogP contribution in [0.2, 0.25) is 5.02 Å². The highest BCUT2D eigenvalue weighted by atomic mass is 35.5. The Balaban J connectivity index is 1.65. The minimum absolute atomic E-state index is 0.0506. The molecule has 1 aliphatic rings. The third-order valence-corrected chi connectivity index (χ3v) is 7.17. The maximum absolute atomic E-state index is 14.0. The third kappa shape index (κ3) is 3.89. The molecule has 0 spiro atoms. The molecule has 1 atom stereocenters. The Morgan fingerprint density at radius 1 is 1.07 bits per heavy atom. The number of sulfonamides is 1. The zero-order chi connectivity index (χ0) is 21.5. The van der Waals surface area contributed by atoms with Crippen LogP contribution in [0.4, 0.5) is 15.8 Å². The van der Waals surface area contributed by atoms with Crippen molar-refractivity contribution in [2.75, 3.05) is 10.0 Å². The second kappa shape index (κ2) is 7.60. The summed E-state index contributed by atoms with van der Waals surface area (Å²) in [7, 11) is -4.04. The summed E-state index contributed by atoms with van der Waals surface area (Å²) in [5, 5.41) is 4.15. The summed E-state index contributed by atoms with van der Waals surface area (Å²) in [4.78, 5) is -0.381. The molecular formula is C23H22ClFN2O2S. The predicted octanol–water partition coefficient (Wildman–Crippen LogP) is 6.11. The average Bonchev–Trinajstić information content (AvgIpc) is 2.68. The Morgan fingerprint density at radius 3 is 2.57 bits per heavy atom. The highest BCUT2D eigenvalue weighted by Gasteiger charge is 2.34. The van der Waals surface area contributed by atoms with Gasteiger partial charge < -0.3 is 5.32 Å². The van der Waals surface area contributed by atoms with E-state index in [2.05, 4.69) is 30.0 Å². The van der Waals surface area contributed by atoms with Crippen LogP contribution in [0.25, 0.3) is 0 Å². The monoisotopic (exact) mass is 444 g/mol. The normalized spacial score (nSPS) is 17.7. The van der Waals surface area contributed by atoms with Crippen molar-refractivity contribution in [3.05, 3.63) is 88.7 Å². The van der Waals surface area contributed by atoms with Crippen LogP contribution in [0.3, 0.4) is 0 Å². The largest absolute Gasteiger partial charge is 0.377 e. The Morgan fingerprint density at radius 2 is 1.80 bits per heavy atom. The van der Waals surface area contributed by atoms with Crippen molar-refractivity contribution in [2.24, 2.45) is 0 Å². The lowest BCUT2D eigenvalue weighted by molar-refractivity contribution is 0.427. The van der Waals surface area contributed by atoms with Crippen molar-refractivity contribution in [2.45, 2.75) is 36.6 Å². The molecule has 1 unspecified atom stereocenters. The maximum atomic E-state index is 14.0. The zero-order valence-corrected chi connectivity index (χ0v) is 18.2. The first-order valence-electron chi connectivity index (χ1n) is 9.60. The predicted molar refractivity (Wildman–Crippen MR) is 119 cm³/mol. The highest BCUT2D eigenvalue weighted by Crippen LogP contribution is 2.46. The van der Waals surface area contributed by atoms with Gasteiger partial charge in [0.05, 0.1) is 16.8 Å². The Bertz CT molecular complexity index is 1210. The first-order chi connectivity index (χ1) is 14.2. The number of hydrogen-bond donors (Lipinski definition) is 2. The van der Waals surface area contributed by atoms with Gasteiger partial charge in [-0.1, -0.05) is 61.8 Å². The Kier molecular flexibility index (Phi) is 5.24. The van der Waals surface area contributed by atoms with Gasteiger partial charge in [0.25, 0.3) is 10.0 Å². The van der Waals surface area contributed by atoms with Crippen LogP contribution < -0.4 is 10.0 Å². The highest BCUT2D eigenvalue weighted by molar-refractivity contribution is 7.92. The van der Waals surface area contributed by atoms with Crippen LogP contribution in [0, 0.1) is 5.82 Å². The molecule has 0 radical (unpaired) electrons. The van der Waals surface area contributed by atoms with Gasteiger partial charge in [-0.25, -0.2) is 12.8 Å². The van der Waals surface area contributed by atoms with Crippen molar-refractivity contribution >= 4 is 33.0 Å². The van der Waals surface area contributed by atoms with E-state index in [0.29, 0.717) is 10.7 Å². The summed E-state index contributed by atoms with van der Waals surface area (Å²) in [5.41, 5.74) is 3.24. The van der Waals surface area contributed by atoms with E-state index in [1.165, 1.54) is 18.2 Å². The average molecular weight is 445 g/mol. The van der Waals surface area contributed by atoms with E-state index in [9.17, 15) is 12.8 Å². The Labute approximate surface area is 181 Å². The number of para-hydroxylation sites is 1. The van der Waals surface area contributed by atoms with Crippen molar-refractivity contribution < 1.29 is 12.8 Å². The fourth-order valence-electron chi connectivity index (χ4n) is 3.97. The molecule has 4 rings (SSSR count). The number of benzene rings is 3. The summed E-state index contributed by atoms with van der Waals surface area (Å²) < 4.78 is 41.7. The van der Waals surface area contributed by atoms with Gasteiger partial charge in [0.1, 0.15) is 10.7 Å². The van der Waals surface area contributed by atoms with Gasteiger partial charge in [0.15, 0.2) is 0 Å². The molecule has 1 heterocycles. The molecule has 0 bridgehead atoms. The van der Waals surface area contributed by atoms with Crippen LogP contribution in [-0.4, -0.2) is 8.42 Å². The van der Waals surface area contributed by atoms with Gasteiger partial charge in [0, 0.05) is 5.69 Å². The van der Waals surface area contributed by atoms with Gasteiger partial charge in [-0.3, -0.25) is 4.72 Å². The molecule has 2 N–H and O–H groups in total. The van der Waals surface area contributed by atoms with Gasteiger partial charge in [-0.05, 0) is 53.3 Å². The van der Waals surface area contributed by atoms with E-state index in [1.807, 2.05) is 18.2 Å². The molecule has 3 aromatic rings. The number of anilines is 2. The molecule has 0 saturated heterocycles. The van der Waals surface area contributed by atoms with Gasteiger partial charge in [-0.2, -0.15) is 0 Å². The molecule has 1 aliphatic heterocycles. The number of rotatable bonds is 4. The van der Waals surface area contributed by atoms with Crippen molar-refractivity contribution in [3.63, 3.8) is 0 Å². The quantitative estimate of drug-likeness (QED) is 0.510. The lowest BCUT2D eigenvalue weighted by Crippen LogP contribution is -2.31. The second-order valence-corrected chi connectivity index (χ2v) is 10.2. The van der Waals surface area contributed by atoms with E-state index >= 15 is 0 Å². The molecule has 0 fully saturated rings. The third-order valence-electron chi connectivity index (χ3n) is 5.44. The molecule has 3 aromatic carbocycles. The minimum atomic E-state index is -4.04. The topological polar surface area (TPSA) is 58.2 Å². The number of hydrogen-bond acceptors (Lipinski definition) is 3. The smallest absolute Gasteiger partial charge is 0.264 e. The van der Waals surface area contributed by atoms with E-state index in [1.54, 1.807) is 18.2 Å². The summed E-state index contributed by atoms with van der Waals surface area (Å²) in [6, 6.07) is 18.3. The Hall–Kier alpha value is -2.57. The summed E-state index contributed by atoms with van der Waals surface area (Å²) in [5.74, 6) is -0.789. The summed E-state index contributed by atoms with van der Waals surface area (Å²) >= 11 is 6.43. The molecule has 156 valence electrons. The first kappa shape index (κ1) is 20.7. The van der Waals surface area contributed by atoms with Crippen molar-refractivity contribution in [1.29, 1.82) is 0 Å². The van der Waals surface area contributed by atoms with E-state index in [0.717, 1.165) is 29.3 Å². The molecule has 0 saturated carbocycles. The number of fused-ring (bicyclic) bond motifs is 1. The van der Waals surface area contributed by atoms with Crippen molar-refractivity contribution in [1.82, 2.24) is 0 Å². The van der Waals surface area contributed by atoms with E-state index in [-0.39, 0.29) is 16.4 Å². The first-order valence-corrected chi connectivity index (χ1v) is 11.5. The fourth-order valence-corrected chi connectivity index (χ4v) is 5.33. The molecule has 4 nitrogen and oxygen atoms in total. The standard InChI is InChI=1S/C23H22ClFN2O2S/c1-23(2)14-20(26-22-17(23)9-6-10-18(22)24)15-7-5-8-16(13-15)27-30(28,29)21-12-4-3-11-19(21)25/h3-13,20,26-27H,14H2,1-2H3. The van der Waals surface area contributed by atoms with Crippen LogP contribution in [-0.2, 0) is 15.4 Å². The SMILES string of the molecule is CC1(C)CC(c2cccc(NS(=O)(=O)c3ccccc3F)c2)Nc2c(Cl)cccc21. The van der Waals surface area contributed by atoms with Crippen LogP contribution in [0.15, 0.2) is 71.6 Å². The molecule has 0 amide bonds. The van der Waals surface area contributed by atoms with E-state index < -0.39 is 15.8 Å². The van der Waals surface area contributed by atoms with Gasteiger partial charge >= 0.3 is 0 Å². The molecule has 0 aliphatic carbocycles. The van der Waals surface area contributed by atoms with Crippen LogP contribution in [0.1, 0.15) is 37.4 Å². The maximum Gasteiger partial charge on any atom is 0.264 e. The second-order valence-electron chi connectivity index (χ2n) is 8.11. The number of nitrogens with one attached hydrogen (secondary N) is 2. The molecule has 0 aromatic heterocycles. The van der Waals surface area contributed by atoms with Gasteiger partial charge in [0.2, 0.25) is 0 Å². The van der Waals surface area contributed by atoms with Crippen LogP contribution >= 0.6 is 11.6 Å². The van der Waals surface area contributed by atoms with E-state index in [4.69, 9.17) is 11.6 Å². The summed E-state index contributed by atoms with van der Waals surface area (Å²) in [6.07, 6.45) is 0.809. The fraction of sp³-hybridized carbons (Fsp3) is 0.217. The van der Waals surface area contributed by atoms with Crippen LogP contribution in [0.5, 0.6) is 0 Å². The minimum Gasteiger partial charge on any atom is -0.377 e. The molecule has 30 heavy (non-hydrogen) atoms. The lowest BCUT2D eigenvalue weighted by Gasteiger charge is -2.39. The molecular weight excluding hydrogens is 423 g/mol.